The highest BCUT2D eigenvalue weighted by molar-refractivity contribution is 14.0. The number of halogens is 1. The van der Waals surface area contributed by atoms with Gasteiger partial charge in [0.25, 0.3) is 0 Å². The van der Waals surface area contributed by atoms with Crippen LogP contribution in [0.4, 0.5) is 0 Å². The molecular formula is C23H38IN5O3. The van der Waals surface area contributed by atoms with E-state index in [0.717, 1.165) is 55.6 Å². The zero-order chi connectivity index (χ0) is 22.5. The average molecular weight is 559 g/mol. The van der Waals surface area contributed by atoms with Crippen molar-refractivity contribution in [2.24, 2.45) is 4.99 Å². The van der Waals surface area contributed by atoms with Gasteiger partial charge >= 0.3 is 0 Å². The van der Waals surface area contributed by atoms with Crippen LogP contribution in [0.1, 0.15) is 64.2 Å². The summed E-state index contributed by atoms with van der Waals surface area (Å²) < 4.78 is 16.6. The van der Waals surface area contributed by atoms with Gasteiger partial charge in [0, 0.05) is 32.0 Å². The monoisotopic (exact) mass is 559 g/mol. The molecule has 0 atom stereocenters. The van der Waals surface area contributed by atoms with E-state index < -0.39 is 0 Å². The first-order valence-electron chi connectivity index (χ1n) is 11.3. The van der Waals surface area contributed by atoms with E-state index in [2.05, 4.69) is 58.7 Å². The van der Waals surface area contributed by atoms with Crippen molar-refractivity contribution < 1.29 is 14.0 Å². The molecule has 1 aromatic heterocycles. The molecule has 0 fully saturated rings. The first kappa shape index (κ1) is 28.0. The second-order valence-corrected chi connectivity index (χ2v) is 7.39. The highest BCUT2D eigenvalue weighted by Gasteiger charge is 2.09. The van der Waals surface area contributed by atoms with Crippen LogP contribution in [0.2, 0.25) is 0 Å². The summed E-state index contributed by atoms with van der Waals surface area (Å²) in [6, 6.07) is 6.11. The number of guanidine groups is 1. The molecule has 0 aliphatic carbocycles. The number of aryl methyl sites for hydroxylation is 1. The number of rotatable bonds is 13. The van der Waals surface area contributed by atoms with Crippen LogP contribution in [-0.2, 0) is 12.8 Å². The fraction of sp³-hybridized carbons (Fsp3) is 0.609. The molecule has 0 spiro atoms. The Bertz CT molecular complexity index is 811. The van der Waals surface area contributed by atoms with Crippen LogP contribution in [0.5, 0.6) is 11.5 Å². The molecule has 1 aromatic carbocycles. The van der Waals surface area contributed by atoms with E-state index in [-0.39, 0.29) is 29.9 Å². The number of hydrogen-bond donors (Lipinski definition) is 2. The summed E-state index contributed by atoms with van der Waals surface area (Å²) in [7, 11) is 0. The summed E-state index contributed by atoms with van der Waals surface area (Å²) in [5, 5.41) is 10.7. The summed E-state index contributed by atoms with van der Waals surface area (Å²) in [5.41, 5.74) is 1.19. The SMILES string of the molecule is CCNC(=NCCCc1nc(C(C)C)no1)NCCc1ccc(OCC)c(OCC)c1.I. The van der Waals surface area contributed by atoms with Gasteiger partial charge in [-0.25, -0.2) is 0 Å². The van der Waals surface area contributed by atoms with Gasteiger partial charge in [-0.15, -0.1) is 24.0 Å². The molecule has 2 rings (SSSR count). The van der Waals surface area contributed by atoms with Crippen LogP contribution in [0.3, 0.4) is 0 Å². The number of ether oxygens (including phenoxy) is 2. The molecule has 0 saturated heterocycles. The van der Waals surface area contributed by atoms with Gasteiger partial charge in [0.2, 0.25) is 5.89 Å². The maximum absolute atomic E-state index is 5.71. The quantitative estimate of drug-likeness (QED) is 0.163. The van der Waals surface area contributed by atoms with E-state index in [1.807, 2.05) is 19.9 Å². The Morgan fingerprint density at radius 2 is 1.81 bits per heavy atom. The summed E-state index contributed by atoms with van der Waals surface area (Å²) in [4.78, 5) is 9.05. The molecule has 8 nitrogen and oxygen atoms in total. The van der Waals surface area contributed by atoms with Crippen LogP contribution >= 0.6 is 24.0 Å². The Balaban J connectivity index is 0.00000512. The van der Waals surface area contributed by atoms with Crippen molar-refractivity contribution in [2.75, 3.05) is 32.8 Å². The van der Waals surface area contributed by atoms with Crippen molar-refractivity contribution in [3.63, 3.8) is 0 Å². The van der Waals surface area contributed by atoms with E-state index >= 15 is 0 Å². The molecule has 32 heavy (non-hydrogen) atoms. The number of aliphatic imine (C=N–C) groups is 1. The number of benzene rings is 1. The fourth-order valence-electron chi connectivity index (χ4n) is 2.94. The van der Waals surface area contributed by atoms with Crippen molar-refractivity contribution in [2.45, 2.75) is 59.8 Å². The smallest absolute Gasteiger partial charge is 0.226 e. The fourth-order valence-corrected chi connectivity index (χ4v) is 2.94. The summed E-state index contributed by atoms with van der Waals surface area (Å²) >= 11 is 0. The maximum Gasteiger partial charge on any atom is 0.226 e. The minimum Gasteiger partial charge on any atom is -0.490 e. The van der Waals surface area contributed by atoms with Crippen molar-refractivity contribution >= 4 is 29.9 Å². The molecule has 0 saturated carbocycles. The number of nitrogens with one attached hydrogen (secondary N) is 2. The molecule has 0 aliphatic rings. The average Bonchev–Trinajstić information content (AvgIpc) is 3.22. The van der Waals surface area contributed by atoms with Crippen LogP contribution in [0.15, 0.2) is 27.7 Å². The largest absolute Gasteiger partial charge is 0.490 e. The molecule has 2 aromatic rings. The van der Waals surface area contributed by atoms with Gasteiger partial charge in [-0.1, -0.05) is 25.1 Å². The van der Waals surface area contributed by atoms with Crippen molar-refractivity contribution in [3.05, 3.63) is 35.5 Å². The third-order valence-corrected chi connectivity index (χ3v) is 4.48. The second-order valence-electron chi connectivity index (χ2n) is 7.39. The topological polar surface area (TPSA) is 93.8 Å². The van der Waals surface area contributed by atoms with Crippen LogP contribution in [-0.4, -0.2) is 48.9 Å². The number of nitrogens with zero attached hydrogens (tertiary/aromatic N) is 3. The Labute approximate surface area is 209 Å². The predicted octanol–water partition coefficient (Wildman–Crippen LogP) is 4.34. The third-order valence-electron chi connectivity index (χ3n) is 4.48. The first-order chi connectivity index (χ1) is 15.1. The minimum atomic E-state index is 0. The molecular weight excluding hydrogens is 521 g/mol. The Hall–Kier alpha value is -2.04. The molecule has 0 radical (unpaired) electrons. The minimum absolute atomic E-state index is 0. The highest BCUT2D eigenvalue weighted by atomic mass is 127. The van der Waals surface area contributed by atoms with Crippen LogP contribution < -0.4 is 20.1 Å². The third kappa shape index (κ3) is 9.62. The van der Waals surface area contributed by atoms with E-state index in [0.29, 0.717) is 25.6 Å². The lowest BCUT2D eigenvalue weighted by Gasteiger charge is -2.14. The van der Waals surface area contributed by atoms with E-state index in [1.165, 1.54) is 5.56 Å². The molecule has 0 bridgehead atoms. The first-order valence-corrected chi connectivity index (χ1v) is 11.3. The lowest BCUT2D eigenvalue weighted by molar-refractivity contribution is 0.287. The van der Waals surface area contributed by atoms with Crippen molar-refractivity contribution in [1.29, 1.82) is 0 Å². The van der Waals surface area contributed by atoms with E-state index in [9.17, 15) is 0 Å². The van der Waals surface area contributed by atoms with Crippen LogP contribution in [0.25, 0.3) is 0 Å². The zero-order valence-corrected chi connectivity index (χ0v) is 22.3. The van der Waals surface area contributed by atoms with E-state index in [4.69, 9.17) is 14.0 Å². The van der Waals surface area contributed by atoms with Gasteiger partial charge in [0.15, 0.2) is 23.3 Å². The predicted molar refractivity (Wildman–Crippen MR) is 139 cm³/mol. The molecule has 0 unspecified atom stereocenters. The van der Waals surface area contributed by atoms with Gasteiger partial charge in [-0.3, -0.25) is 4.99 Å². The van der Waals surface area contributed by atoms with Gasteiger partial charge in [-0.05, 0) is 51.3 Å². The summed E-state index contributed by atoms with van der Waals surface area (Å²) in [5.74, 6) is 4.11. The normalized spacial score (nSPS) is 11.2. The van der Waals surface area contributed by atoms with Crippen molar-refractivity contribution in [1.82, 2.24) is 20.8 Å². The second kappa shape index (κ2) is 15.7. The zero-order valence-electron chi connectivity index (χ0n) is 19.9. The molecule has 9 heteroatoms. The highest BCUT2D eigenvalue weighted by Crippen LogP contribution is 2.28. The number of hydrogen-bond acceptors (Lipinski definition) is 6. The molecule has 180 valence electrons. The van der Waals surface area contributed by atoms with Crippen molar-refractivity contribution in [3.8, 4) is 11.5 Å². The lowest BCUT2D eigenvalue weighted by atomic mass is 10.1. The Kier molecular flexibility index (Phi) is 13.7. The van der Waals surface area contributed by atoms with Gasteiger partial charge in [-0.2, -0.15) is 4.98 Å². The Morgan fingerprint density at radius 3 is 2.47 bits per heavy atom. The molecule has 2 N–H and O–H groups in total. The maximum atomic E-state index is 5.71. The lowest BCUT2D eigenvalue weighted by Crippen LogP contribution is -2.38. The molecule has 0 aliphatic heterocycles. The van der Waals surface area contributed by atoms with Gasteiger partial charge in [0.05, 0.1) is 13.2 Å². The summed E-state index contributed by atoms with van der Waals surface area (Å²) in [6.45, 7) is 13.6. The number of aromatic nitrogens is 2. The van der Waals surface area contributed by atoms with Crippen LogP contribution in [0, 0.1) is 0 Å². The Morgan fingerprint density at radius 1 is 1.06 bits per heavy atom. The standard InChI is InChI=1S/C23H37N5O3.HI/c1-6-24-23(25-14-9-10-21-27-22(17(4)5)28-31-21)26-15-13-18-11-12-19(29-7-2)20(16-18)30-8-3;/h11-12,16-17H,6-10,13-15H2,1-5H3,(H2,24,25,26);1H. The molecule has 0 amide bonds. The molecule has 1 heterocycles. The van der Waals surface area contributed by atoms with Gasteiger partial charge in [0.1, 0.15) is 0 Å². The van der Waals surface area contributed by atoms with Gasteiger partial charge < -0.3 is 24.6 Å². The van der Waals surface area contributed by atoms with E-state index in [1.54, 1.807) is 0 Å². The summed E-state index contributed by atoms with van der Waals surface area (Å²) in [6.07, 6.45) is 2.44.